The molecule has 0 spiro atoms. The van der Waals surface area contributed by atoms with Gasteiger partial charge in [-0.05, 0) is 36.4 Å². The molecule has 5 nitrogen and oxygen atoms in total. The molecule has 0 atom stereocenters. The Bertz CT molecular complexity index is 923. The minimum absolute atomic E-state index is 0.111. The van der Waals surface area contributed by atoms with E-state index >= 15 is 0 Å². The normalized spacial score (nSPS) is 10.8. The van der Waals surface area contributed by atoms with E-state index in [1.807, 2.05) is 6.07 Å². The smallest absolute Gasteiger partial charge is 0.324 e. The summed E-state index contributed by atoms with van der Waals surface area (Å²) in [6, 6.07) is 11.0. The van der Waals surface area contributed by atoms with Gasteiger partial charge in [-0.3, -0.25) is 9.59 Å². The van der Waals surface area contributed by atoms with Crippen LogP contribution in [0.1, 0.15) is 18.1 Å². The average molecular weight is 396 g/mol. The van der Waals surface area contributed by atoms with Crippen molar-refractivity contribution in [3.8, 4) is 6.07 Å². The van der Waals surface area contributed by atoms with Crippen LogP contribution in [0.3, 0.4) is 0 Å². The lowest BCUT2D eigenvalue weighted by atomic mass is 10.1. The van der Waals surface area contributed by atoms with Crippen molar-refractivity contribution in [1.29, 1.82) is 5.26 Å². The Morgan fingerprint density at radius 2 is 1.93 bits per heavy atom. The molecule has 27 heavy (non-hydrogen) atoms. The Kier molecular flexibility index (Phi) is 6.08. The molecule has 0 bridgehead atoms. The van der Waals surface area contributed by atoms with Crippen LogP contribution in [0.2, 0.25) is 5.02 Å². The van der Waals surface area contributed by atoms with E-state index in [4.69, 9.17) is 16.9 Å². The van der Waals surface area contributed by atoms with Gasteiger partial charge in [-0.1, -0.05) is 17.7 Å². The van der Waals surface area contributed by atoms with Crippen molar-refractivity contribution in [3.05, 3.63) is 58.6 Å². The van der Waals surface area contributed by atoms with E-state index in [2.05, 4.69) is 5.32 Å². The third-order valence-electron chi connectivity index (χ3n) is 3.52. The highest BCUT2D eigenvalue weighted by Gasteiger charge is 2.34. The van der Waals surface area contributed by atoms with E-state index < -0.39 is 35.1 Å². The summed E-state index contributed by atoms with van der Waals surface area (Å²) in [5, 5.41) is 10.8. The summed E-state index contributed by atoms with van der Waals surface area (Å²) < 4.78 is 39.1. The van der Waals surface area contributed by atoms with Gasteiger partial charge in [0.15, 0.2) is 0 Å². The summed E-state index contributed by atoms with van der Waals surface area (Å²) >= 11 is 5.58. The molecule has 9 heteroatoms. The number of benzene rings is 2. The number of halogens is 4. The maximum absolute atomic E-state index is 13.0. The Balaban J connectivity index is 2.24. The number of rotatable bonds is 4. The van der Waals surface area contributed by atoms with E-state index in [0.717, 1.165) is 17.9 Å². The van der Waals surface area contributed by atoms with Crippen molar-refractivity contribution in [1.82, 2.24) is 0 Å². The van der Waals surface area contributed by atoms with Gasteiger partial charge in [-0.15, -0.1) is 0 Å². The number of anilines is 2. The zero-order chi connectivity index (χ0) is 20.2. The molecule has 0 radical (unpaired) electrons. The number of hydrogen-bond donors (Lipinski definition) is 1. The Morgan fingerprint density at radius 1 is 1.22 bits per heavy atom. The molecule has 1 N–H and O–H groups in total. The second-order valence-electron chi connectivity index (χ2n) is 5.51. The molecule has 0 aliphatic carbocycles. The maximum atomic E-state index is 13.0. The summed E-state index contributed by atoms with van der Waals surface area (Å²) in [6.07, 6.45) is -4.70. The molecule has 2 rings (SSSR count). The first-order chi connectivity index (χ1) is 12.6. The summed E-state index contributed by atoms with van der Waals surface area (Å²) in [6.45, 7) is 0.622. The van der Waals surface area contributed by atoms with Gasteiger partial charge in [0.1, 0.15) is 6.54 Å². The van der Waals surface area contributed by atoms with Crippen molar-refractivity contribution in [2.45, 2.75) is 13.1 Å². The molecule has 140 valence electrons. The van der Waals surface area contributed by atoms with Gasteiger partial charge in [0.05, 0.1) is 22.2 Å². The quantitative estimate of drug-likeness (QED) is 0.842. The topological polar surface area (TPSA) is 73.2 Å². The monoisotopic (exact) mass is 395 g/mol. The van der Waals surface area contributed by atoms with Crippen LogP contribution >= 0.6 is 11.6 Å². The van der Waals surface area contributed by atoms with Gasteiger partial charge in [-0.25, -0.2) is 0 Å². The number of carbonyl (C=O) groups excluding carboxylic acids is 2. The molecule has 0 aliphatic rings. The molecule has 0 unspecified atom stereocenters. The standard InChI is InChI=1S/C18H13ClF3N3O2/c1-11(26)25(14-5-6-16(19)15(8-14)18(20,21)22)10-17(27)24-13-4-2-3-12(7-13)9-23/h2-8H,10H2,1H3,(H,24,27). The number of amides is 2. The predicted octanol–water partition coefficient (Wildman–Crippen LogP) is 4.22. The summed E-state index contributed by atoms with van der Waals surface area (Å²) in [5.41, 5.74) is -0.562. The zero-order valence-electron chi connectivity index (χ0n) is 14.0. The van der Waals surface area contributed by atoms with Gasteiger partial charge in [0.25, 0.3) is 0 Å². The van der Waals surface area contributed by atoms with Crippen LogP contribution in [-0.2, 0) is 15.8 Å². The van der Waals surface area contributed by atoms with Crippen molar-refractivity contribution in [2.75, 3.05) is 16.8 Å². The van der Waals surface area contributed by atoms with E-state index in [0.29, 0.717) is 17.3 Å². The first-order valence-corrected chi connectivity index (χ1v) is 7.94. The van der Waals surface area contributed by atoms with E-state index in [9.17, 15) is 22.8 Å². The lowest BCUT2D eigenvalue weighted by molar-refractivity contribution is -0.137. The third kappa shape index (κ3) is 5.21. The van der Waals surface area contributed by atoms with E-state index in [1.54, 1.807) is 18.2 Å². The fourth-order valence-corrected chi connectivity index (χ4v) is 2.52. The molecule has 2 amide bonds. The zero-order valence-corrected chi connectivity index (χ0v) is 14.7. The van der Waals surface area contributed by atoms with Crippen molar-refractivity contribution in [2.24, 2.45) is 0 Å². The molecule has 0 aromatic heterocycles. The Morgan fingerprint density at radius 3 is 2.52 bits per heavy atom. The average Bonchev–Trinajstić information content (AvgIpc) is 2.59. The number of nitriles is 1. The number of hydrogen-bond acceptors (Lipinski definition) is 3. The maximum Gasteiger partial charge on any atom is 0.417 e. The molecule has 2 aromatic carbocycles. The molecular formula is C18H13ClF3N3O2. The Labute approximate surface area is 158 Å². The molecule has 0 heterocycles. The van der Waals surface area contributed by atoms with Gasteiger partial charge < -0.3 is 10.2 Å². The molecule has 2 aromatic rings. The minimum atomic E-state index is -4.70. The largest absolute Gasteiger partial charge is 0.417 e. The number of carbonyl (C=O) groups is 2. The number of nitrogens with zero attached hydrogens (tertiary/aromatic N) is 2. The number of alkyl halides is 3. The van der Waals surface area contributed by atoms with Crippen LogP contribution in [0.15, 0.2) is 42.5 Å². The molecule has 0 saturated heterocycles. The lowest BCUT2D eigenvalue weighted by Crippen LogP contribution is -2.36. The Hall–Kier alpha value is -3.05. The van der Waals surface area contributed by atoms with Crippen LogP contribution < -0.4 is 10.2 Å². The van der Waals surface area contributed by atoms with Crippen LogP contribution in [0.5, 0.6) is 0 Å². The SMILES string of the molecule is CC(=O)N(CC(=O)Nc1cccc(C#N)c1)c1ccc(Cl)c(C(F)(F)F)c1. The molecular weight excluding hydrogens is 383 g/mol. The van der Waals surface area contributed by atoms with E-state index in [1.165, 1.54) is 12.1 Å². The van der Waals surface area contributed by atoms with Gasteiger partial charge in [0.2, 0.25) is 11.8 Å². The van der Waals surface area contributed by atoms with Crippen LogP contribution in [-0.4, -0.2) is 18.4 Å². The van der Waals surface area contributed by atoms with Crippen LogP contribution in [0.25, 0.3) is 0 Å². The fraction of sp³-hybridized carbons (Fsp3) is 0.167. The van der Waals surface area contributed by atoms with Gasteiger partial charge in [0, 0.05) is 18.3 Å². The van der Waals surface area contributed by atoms with Crippen molar-refractivity contribution in [3.63, 3.8) is 0 Å². The molecule has 0 fully saturated rings. The summed E-state index contributed by atoms with van der Waals surface area (Å²) in [5.74, 6) is -1.25. The van der Waals surface area contributed by atoms with Crippen LogP contribution in [0, 0.1) is 11.3 Å². The minimum Gasteiger partial charge on any atom is -0.324 e. The highest BCUT2D eigenvalue weighted by molar-refractivity contribution is 6.31. The third-order valence-corrected chi connectivity index (χ3v) is 3.85. The molecule has 0 aliphatic heterocycles. The first kappa shape index (κ1) is 20.3. The van der Waals surface area contributed by atoms with E-state index in [-0.39, 0.29) is 5.69 Å². The van der Waals surface area contributed by atoms with Crippen LogP contribution in [0.4, 0.5) is 24.5 Å². The van der Waals surface area contributed by atoms with Crippen molar-refractivity contribution >= 4 is 34.8 Å². The van der Waals surface area contributed by atoms with Gasteiger partial charge in [-0.2, -0.15) is 18.4 Å². The second kappa shape index (κ2) is 8.10. The molecule has 0 saturated carbocycles. The summed E-state index contributed by atoms with van der Waals surface area (Å²) in [4.78, 5) is 25.0. The second-order valence-corrected chi connectivity index (χ2v) is 5.92. The van der Waals surface area contributed by atoms with Crippen molar-refractivity contribution < 1.29 is 22.8 Å². The number of nitrogens with one attached hydrogen (secondary N) is 1. The summed E-state index contributed by atoms with van der Waals surface area (Å²) in [7, 11) is 0. The predicted molar refractivity (Wildman–Crippen MR) is 94.3 cm³/mol. The highest BCUT2D eigenvalue weighted by Crippen LogP contribution is 2.37. The lowest BCUT2D eigenvalue weighted by Gasteiger charge is -2.22. The fourth-order valence-electron chi connectivity index (χ4n) is 2.29. The highest BCUT2D eigenvalue weighted by atomic mass is 35.5. The first-order valence-electron chi connectivity index (χ1n) is 7.56. The van der Waals surface area contributed by atoms with Gasteiger partial charge >= 0.3 is 6.18 Å².